The highest BCUT2D eigenvalue weighted by atomic mass is 16.5. The molecule has 4 heteroatoms. The number of rotatable bonds is 7. The number of anilines is 1. The highest BCUT2D eigenvalue weighted by Gasteiger charge is 2.07. The van der Waals surface area contributed by atoms with Crippen molar-refractivity contribution >= 4 is 5.69 Å². The third-order valence-electron chi connectivity index (χ3n) is 2.17. The molecule has 0 spiro atoms. The molecule has 0 bridgehead atoms. The van der Waals surface area contributed by atoms with Gasteiger partial charge in [0.25, 0.3) is 0 Å². The average Bonchev–Trinajstić information content (AvgIpc) is 2.24. The zero-order chi connectivity index (χ0) is 13.5. The average molecular weight is 253 g/mol. The van der Waals surface area contributed by atoms with Crippen LogP contribution in [0, 0.1) is 0 Å². The summed E-state index contributed by atoms with van der Waals surface area (Å²) in [6, 6.07) is 5.43. The molecule has 0 fully saturated rings. The van der Waals surface area contributed by atoms with Gasteiger partial charge in [-0.25, -0.2) is 0 Å². The Labute approximate surface area is 109 Å². The van der Waals surface area contributed by atoms with Crippen molar-refractivity contribution in [2.24, 2.45) is 0 Å². The summed E-state index contributed by atoms with van der Waals surface area (Å²) >= 11 is 0. The van der Waals surface area contributed by atoms with Crippen LogP contribution < -0.4 is 15.2 Å². The lowest BCUT2D eigenvalue weighted by Gasteiger charge is -2.17. The summed E-state index contributed by atoms with van der Waals surface area (Å²) in [6.07, 6.45) is 0.0964. The molecule has 4 nitrogen and oxygen atoms in total. The van der Waals surface area contributed by atoms with Crippen molar-refractivity contribution in [1.29, 1.82) is 0 Å². The first kappa shape index (κ1) is 14.6. The molecule has 0 saturated carbocycles. The van der Waals surface area contributed by atoms with E-state index in [0.29, 0.717) is 24.7 Å². The largest absolute Gasteiger partial charge is 0.491 e. The van der Waals surface area contributed by atoms with Gasteiger partial charge >= 0.3 is 0 Å². The normalized spacial score (nSPS) is 12.5. The predicted octanol–water partition coefficient (Wildman–Crippen LogP) is 2.86. The van der Waals surface area contributed by atoms with Gasteiger partial charge in [0.2, 0.25) is 0 Å². The van der Waals surface area contributed by atoms with Crippen molar-refractivity contribution in [2.45, 2.75) is 39.9 Å². The monoisotopic (exact) mass is 253 g/mol. The van der Waals surface area contributed by atoms with E-state index in [1.54, 1.807) is 12.1 Å². The number of nitrogen functional groups attached to an aromatic ring is 1. The van der Waals surface area contributed by atoms with Crippen LogP contribution in [0.5, 0.6) is 11.5 Å². The van der Waals surface area contributed by atoms with Gasteiger partial charge in [-0.15, -0.1) is 0 Å². The van der Waals surface area contributed by atoms with Crippen molar-refractivity contribution in [1.82, 2.24) is 0 Å². The highest BCUT2D eigenvalue weighted by molar-refractivity contribution is 5.50. The molecule has 0 amide bonds. The van der Waals surface area contributed by atoms with Crippen molar-refractivity contribution < 1.29 is 14.2 Å². The summed E-state index contributed by atoms with van der Waals surface area (Å²) < 4.78 is 16.6. The minimum atomic E-state index is -0.0151. The van der Waals surface area contributed by atoms with Crippen LogP contribution in [-0.2, 0) is 4.74 Å². The maximum absolute atomic E-state index is 5.82. The number of benzene rings is 1. The van der Waals surface area contributed by atoms with Gasteiger partial charge in [-0.1, -0.05) is 0 Å². The van der Waals surface area contributed by atoms with Crippen LogP contribution in [0.25, 0.3) is 0 Å². The van der Waals surface area contributed by atoms with E-state index in [-0.39, 0.29) is 12.2 Å². The standard InChI is InChI=1S/C14H23NO3/c1-5-16-9-11(4)18-14-7-12(15)6-13(8-14)17-10(2)3/h6-8,10-11H,5,9,15H2,1-4H3. The van der Waals surface area contributed by atoms with Crippen LogP contribution in [0.3, 0.4) is 0 Å². The first-order chi connectivity index (χ1) is 8.51. The molecule has 0 aliphatic rings. The highest BCUT2D eigenvalue weighted by Crippen LogP contribution is 2.26. The van der Waals surface area contributed by atoms with Gasteiger partial charge in [0, 0.05) is 30.5 Å². The Kier molecular flexibility index (Phi) is 5.78. The van der Waals surface area contributed by atoms with Gasteiger partial charge in [-0.05, 0) is 27.7 Å². The van der Waals surface area contributed by atoms with Crippen LogP contribution in [0.1, 0.15) is 27.7 Å². The lowest BCUT2D eigenvalue weighted by Crippen LogP contribution is -2.19. The number of ether oxygens (including phenoxy) is 3. The Morgan fingerprint density at radius 2 is 1.67 bits per heavy atom. The first-order valence-electron chi connectivity index (χ1n) is 6.33. The molecule has 102 valence electrons. The Bertz CT molecular complexity index is 366. The van der Waals surface area contributed by atoms with Gasteiger partial charge in [0.05, 0.1) is 12.7 Å². The SMILES string of the molecule is CCOCC(C)Oc1cc(N)cc(OC(C)C)c1. The minimum Gasteiger partial charge on any atom is -0.491 e. The van der Waals surface area contributed by atoms with Crippen molar-refractivity contribution in [3.05, 3.63) is 18.2 Å². The van der Waals surface area contributed by atoms with Gasteiger partial charge in [0.1, 0.15) is 17.6 Å². The van der Waals surface area contributed by atoms with Crippen molar-refractivity contribution in [3.8, 4) is 11.5 Å². The zero-order valence-corrected chi connectivity index (χ0v) is 11.6. The van der Waals surface area contributed by atoms with Gasteiger partial charge in [0.15, 0.2) is 0 Å². The summed E-state index contributed by atoms with van der Waals surface area (Å²) in [7, 11) is 0. The second kappa shape index (κ2) is 7.11. The lowest BCUT2D eigenvalue weighted by atomic mass is 10.2. The van der Waals surface area contributed by atoms with E-state index in [0.717, 1.165) is 5.75 Å². The van der Waals surface area contributed by atoms with Gasteiger partial charge in [-0.2, -0.15) is 0 Å². The third-order valence-corrected chi connectivity index (χ3v) is 2.17. The fourth-order valence-corrected chi connectivity index (χ4v) is 1.55. The van der Waals surface area contributed by atoms with E-state index in [1.165, 1.54) is 0 Å². The topological polar surface area (TPSA) is 53.7 Å². The second-order valence-corrected chi connectivity index (χ2v) is 4.49. The first-order valence-corrected chi connectivity index (χ1v) is 6.33. The molecule has 0 heterocycles. The summed E-state index contributed by atoms with van der Waals surface area (Å²) in [5.41, 5.74) is 6.45. The Hall–Kier alpha value is -1.42. The molecular formula is C14H23NO3. The van der Waals surface area contributed by atoms with E-state index in [1.807, 2.05) is 33.8 Å². The van der Waals surface area contributed by atoms with Gasteiger partial charge < -0.3 is 19.9 Å². The molecule has 0 aromatic heterocycles. The fraction of sp³-hybridized carbons (Fsp3) is 0.571. The van der Waals surface area contributed by atoms with E-state index in [9.17, 15) is 0 Å². The van der Waals surface area contributed by atoms with Crippen LogP contribution in [0.4, 0.5) is 5.69 Å². The Morgan fingerprint density at radius 1 is 1.06 bits per heavy atom. The maximum Gasteiger partial charge on any atom is 0.125 e. The van der Waals surface area contributed by atoms with E-state index >= 15 is 0 Å². The molecule has 0 aliphatic carbocycles. The van der Waals surface area contributed by atoms with E-state index in [2.05, 4.69) is 0 Å². The minimum absolute atomic E-state index is 0.0151. The van der Waals surface area contributed by atoms with Crippen molar-refractivity contribution in [3.63, 3.8) is 0 Å². The molecule has 2 N–H and O–H groups in total. The third kappa shape index (κ3) is 5.27. The molecular weight excluding hydrogens is 230 g/mol. The van der Waals surface area contributed by atoms with Crippen LogP contribution in [0.2, 0.25) is 0 Å². The number of nitrogens with two attached hydrogens (primary N) is 1. The van der Waals surface area contributed by atoms with Gasteiger partial charge in [-0.3, -0.25) is 0 Å². The second-order valence-electron chi connectivity index (χ2n) is 4.49. The summed E-state index contributed by atoms with van der Waals surface area (Å²) in [5, 5.41) is 0. The van der Waals surface area contributed by atoms with E-state index in [4.69, 9.17) is 19.9 Å². The van der Waals surface area contributed by atoms with E-state index < -0.39 is 0 Å². The lowest BCUT2D eigenvalue weighted by molar-refractivity contribution is 0.0655. The summed E-state index contributed by atoms with van der Waals surface area (Å²) in [6.45, 7) is 9.12. The smallest absolute Gasteiger partial charge is 0.125 e. The molecule has 1 rings (SSSR count). The maximum atomic E-state index is 5.82. The molecule has 0 radical (unpaired) electrons. The molecule has 0 saturated heterocycles. The Morgan fingerprint density at radius 3 is 2.22 bits per heavy atom. The molecule has 1 unspecified atom stereocenters. The number of hydrogen-bond acceptors (Lipinski definition) is 4. The van der Waals surface area contributed by atoms with Crippen LogP contribution >= 0.6 is 0 Å². The Balaban J connectivity index is 2.67. The predicted molar refractivity (Wildman–Crippen MR) is 73.2 cm³/mol. The van der Waals surface area contributed by atoms with Crippen LogP contribution in [0.15, 0.2) is 18.2 Å². The summed E-state index contributed by atoms with van der Waals surface area (Å²) in [4.78, 5) is 0. The van der Waals surface area contributed by atoms with Crippen molar-refractivity contribution in [2.75, 3.05) is 18.9 Å². The van der Waals surface area contributed by atoms with Crippen LogP contribution in [-0.4, -0.2) is 25.4 Å². The molecule has 18 heavy (non-hydrogen) atoms. The summed E-state index contributed by atoms with van der Waals surface area (Å²) in [5.74, 6) is 1.43. The zero-order valence-electron chi connectivity index (χ0n) is 11.6. The number of hydrogen-bond donors (Lipinski definition) is 1. The molecule has 1 aromatic carbocycles. The molecule has 1 atom stereocenters. The molecule has 0 aliphatic heterocycles. The molecule has 1 aromatic rings. The quantitative estimate of drug-likeness (QED) is 0.759. The fourth-order valence-electron chi connectivity index (χ4n) is 1.55.